The second-order valence-electron chi connectivity index (χ2n) is 2.36. The molecule has 0 aliphatic carbocycles. The van der Waals surface area contributed by atoms with Crippen LogP contribution < -0.4 is 4.74 Å². The lowest BCUT2D eigenvalue weighted by atomic mass is 10.2. The summed E-state index contributed by atoms with van der Waals surface area (Å²) >= 11 is 0. The van der Waals surface area contributed by atoms with Crippen LogP contribution in [0.25, 0.3) is 6.08 Å². The van der Waals surface area contributed by atoms with Crippen LogP contribution in [0.5, 0.6) is 5.75 Å². The minimum atomic E-state index is 0.690. The molecule has 0 saturated heterocycles. The summed E-state index contributed by atoms with van der Waals surface area (Å²) in [4.78, 5) is 0. The molecule has 1 aromatic rings. The Bertz CT molecular complexity index is 263. The Morgan fingerprint density at radius 3 is 3.00 bits per heavy atom. The highest BCUT2D eigenvalue weighted by Gasteiger charge is 1.91. The second-order valence-corrected chi connectivity index (χ2v) is 2.36. The Kier molecular flexibility index (Phi) is 3.39. The third-order valence-corrected chi connectivity index (χ3v) is 1.46. The van der Waals surface area contributed by atoms with Gasteiger partial charge in [-0.15, -0.1) is 0 Å². The fourth-order valence-electron chi connectivity index (χ4n) is 0.986. The van der Waals surface area contributed by atoms with Gasteiger partial charge in [-0.1, -0.05) is 24.3 Å². The van der Waals surface area contributed by atoms with E-state index in [2.05, 4.69) is 0 Å². The summed E-state index contributed by atoms with van der Waals surface area (Å²) in [5.41, 5.74) is 1.06. The van der Waals surface area contributed by atoms with Crippen LogP contribution in [-0.4, -0.2) is 6.61 Å². The molecule has 0 aliphatic rings. The first-order valence-electron chi connectivity index (χ1n) is 3.98. The van der Waals surface area contributed by atoms with Gasteiger partial charge in [0.25, 0.3) is 0 Å². The predicted molar refractivity (Wildman–Crippen MR) is 50.9 cm³/mol. The van der Waals surface area contributed by atoms with Crippen molar-refractivity contribution in [1.29, 1.82) is 0 Å². The van der Waals surface area contributed by atoms with Crippen molar-refractivity contribution in [3.63, 3.8) is 0 Å². The third-order valence-electron chi connectivity index (χ3n) is 1.46. The quantitative estimate of drug-likeness (QED) is 0.660. The minimum Gasteiger partial charge on any atom is -0.494 e. The monoisotopic (exact) mass is 160 g/mol. The molecule has 12 heavy (non-hydrogen) atoms. The third kappa shape index (κ3) is 2.42. The second kappa shape index (κ2) is 4.60. The number of allylic oxidation sites excluding steroid dienone is 1. The first-order valence-corrected chi connectivity index (χ1v) is 3.98. The van der Waals surface area contributed by atoms with Gasteiger partial charge >= 0.3 is 0 Å². The summed E-state index contributed by atoms with van der Waals surface area (Å²) in [6.07, 6.45) is 3.35. The number of hydrogen-bond donors (Lipinski definition) is 0. The standard InChI is InChI=1S/C11H12O/c1-3-6-10-7-5-8-11(9-10)12-4-2/h1,3,5-9H,4H2,2H3. The molecule has 0 amide bonds. The SMILES string of the molecule is [CH]C=Cc1cccc(OCC)c1. The van der Waals surface area contributed by atoms with Crippen LogP contribution in [0, 0.1) is 6.92 Å². The molecule has 1 nitrogen and oxygen atoms in total. The molecule has 1 rings (SSSR count). The van der Waals surface area contributed by atoms with E-state index in [4.69, 9.17) is 11.7 Å². The first kappa shape index (κ1) is 8.85. The Labute approximate surface area is 73.7 Å². The zero-order valence-corrected chi connectivity index (χ0v) is 7.16. The maximum Gasteiger partial charge on any atom is 0.119 e. The van der Waals surface area contributed by atoms with Gasteiger partial charge in [0.05, 0.1) is 6.61 Å². The lowest BCUT2D eigenvalue weighted by Crippen LogP contribution is -1.90. The summed E-state index contributed by atoms with van der Waals surface area (Å²) in [6, 6.07) is 7.80. The van der Waals surface area contributed by atoms with Gasteiger partial charge < -0.3 is 4.74 Å². The van der Waals surface area contributed by atoms with Crippen LogP contribution >= 0.6 is 0 Å². The highest BCUT2D eigenvalue weighted by atomic mass is 16.5. The molecule has 0 N–H and O–H groups in total. The Morgan fingerprint density at radius 1 is 1.50 bits per heavy atom. The van der Waals surface area contributed by atoms with Crippen LogP contribution in [0.3, 0.4) is 0 Å². The summed E-state index contributed by atoms with van der Waals surface area (Å²) in [6.45, 7) is 7.92. The molecular weight excluding hydrogens is 148 g/mol. The Hall–Kier alpha value is -1.24. The molecule has 0 heterocycles. The van der Waals surface area contributed by atoms with Gasteiger partial charge in [-0.2, -0.15) is 0 Å². The van der Waals surface area contributed by atoms with Crippen LogP contribution in [-0.2, 0) is 0 Å². The largest absolute Gasteiger partial charge is 0.494 e. The van der Waals surface area contributed by atoms with E-state index in [1.54, 1.807) is 0 Å². The van der Waals surface area contributed by atoms with E-state index >= 15 is 0 Å². The first-order chi connectivity index (χ1) is 5.86. The normalized spacial score (nSPS) is 10.5. The Morgan fingerprint density at radius 2 is 2.33 bits per heavy atom. The van der Waals surface area contributed by atoms with E-state index in [0.29, 0.717) is 6.61 Å². The van der Waals surface area contributed by atoms with Crippen molar-refractivity contribution in [2.75, 3.05) is 6.61 Å². The van der Waals surface area contributed by atoms with Gasteiger partial charge in [0.15, 0.2) is 0 Å². The highest BCUT2D eigenvalue weighted by Crippen LogP contribution is 2.13. The topological polar surface area (TPSA) is 9.23 Å². The summed E-state index contributed by atoms with van der Waals surface area (Å²) < 4.78 is 5.32. The lowest BCUT2D eigenvalue weighted by Gasteiger charge is -2.02. The van der Waals surface area contributed by atoms with Gasteiger partial charge in [-0.05, 0) is 31.5 Å². The van der Waals surface area contributed by atoms with Crippen molar-refractivity contribution in [2.24, 2.45) is 0 Å². The van der Waals surface area contributed by atoms with Crippen LogP contribution in [0.1, 0.15) is 12.5 Å². The number of benzene rings is 1. The van der Waals surface area contributed by atoms with Gasteiger partial charge in [0.1, 0.15) is 5.75 Å². The molecule has 0 aliphatic heterocycles. The van der Waals surface area contributed by atoms with Gasteiger partial charge in [0.2, 0.25) is 0 Å². The van der Waals surface area contributed by atoms with Crippen molar-refractivity contribution in [3.8, 4) is 5.75 Å². The average Bonchev–Trinajstić information content (AvgIpc) is 2.06. The molecule has 1 aromatic carbocycles. The molecule has 0 spiro atoms. The minimum absolute atomic E-state index is 0.690. The van der Waals surface area contributed by atoms with Gasteiger partial charge in [0, 0.05) is 0 Å². The maximum absolute atomic E-state index is 5.32. The lowest BCUT2D eigenvalue weighted by molar-refractivity contribution is 0.340. The maximum atomic E-state index is 5.32. The van der Waals surface area contributed by atoms with Crippen LogP contribution in [0.2, 0.25) is 0 Å². The summed E-state index contributed by atoms with van der Waals surface area (Å²) in [5, 5.41) is 0. The van der Waals surface area contributed by atoms with Crippen molar-refractivity contribution in [2.45, 2.75) is 6.92 Å². The summed E-state index contributed by atoms with van der Waals surface area (Å²) in [7, 11) is 0. The van der Waals surface area contributed by atoms with Gasteiger partial charge in [-0.3, -0.25) is 0 Å². The molecule has 0 atom stereocenters. The molecule has 0 aromatic heterocycles. The van der Waals surface area contributed by atoms with E-state index in [0.717, 1.165) is 11.3 Å². The molecule has 0 unspecified atom stereocenters. The van der Waals surface area contributed by atoms with Crippen molar-refractivity contribution < 1.29 is 4.74 Å². The molecule has 1 heteroatoms. The molecule has 2 radical (unpaired) electrons. The number of hydrogen-bond acceptors (Lipinski definition) is 1. The van der Waals surface area contributed by atoms with Gasteiger partial charge in [-0.25, -0.2) is 0 Å². The average molecular weight is 160 g/mol. The smallest absolute Gasteiger partial charge is 0.119 e. The Balaban J connectivity index is 2.80. The van der Waals surface area contributed by atoms with E-state index in [1.807, 2.05) is 37.3 Å². The highest BCUT2D eigenvalue weighted by molar-refractivity contribution is 5.51. The fraction of sp³-hybridized carbons (Fsp3) is 0.182. The summed E-state index contributed by atoms with van der Waals surface area (Å²) in [5.74, 6) is 0.883. The van der Waals surface area contributed by atoms with E-state index < -0.39 is 0 Å². The number of rotatable bonds is 3. The zero-order valence-electron chi connectivity index (χ0n) is 7.16. The van der Waals surface area contributed by atoms with Crippen molar-refractivity contribution in [1.82, 2.24) is 0 Å². The molecule has 0 bridgehead atoms. The molecular formula is C11H12O. The fourth-order valence-corrected chi connectivity index (χ4v) is 0.986. The van der Waals surface area contributed by atoms with Crippen LogP contribution in [0.15, 0.2) is 30.3 Å². The number of ether oxygens (including phenoxy) is 1. The van der Waals surface area contributed by atoms with Crippen molar-refractivity contribution in [3.05, 3.63) is 42.8 Å². The van der Waals surface area contributed by atoms with Crippen LogP contribution in [0.4, 0.5) is 0 Å². The van der Waals surface area contributed by atoms with Crippen molar-refractivity contribution >= 4 is 6.08 Å². The molecule has 0 fully saturated rings. The predicted octanol–water partition coefficient (Wildman–Crippen LogP) is 2.81. The van der Waals surface area contributed by atoms with E-state index in [9.17, 15) is 0 Å². The van der Waals surface area contributed by atoms with E-state index in [-0.39, 0.29) is 0 Å². The van der Waals surface area contributed by atoms with E-state index in [1.165, 1.54) is 6.08 Å². The zero-order chi connectivity index (χ0) is 8.81. The molecule has 0 saturated carbocycles. The molecule has 62 valence electrons.